The molecule has 0 aliphatic heterocycles. The maximum atomic E-state index is 4.60. The Morgan fingerprint density at radius 2 is 1.71 bits per heavy atom. The van der Waals surface area contributed by atoms with Crippen molar-refractivity contribution in [2.75, 3.05) is 18.5 Å². The molecule has 1 heterocycles. The van der Waals surface area contributed by atoms with Crippen LogP contribution in [0.3, 0.4) is 0 Å². The van der Waals surface area contributed by atoms with Crippen molar-refractivity contribution in [3.8, 4) is 0 Å². The predicted molar refractivity (Wildman–Crippen MR) is 71.3 cm³/mol. The van der Waals surface area contributed by atoms with Crippen LogP contribution in [0, 0.1) is 5.92 Å². The predicted octanol–water partition coefficient (Wildman–Crippen LogP) is 2.48. The van der Waals surface area contributed by atoms with Gasteiger partial charge in [0.2, 0.25) is 5.95 Å². The lowest BCUT2D eigenvalue weighted by Crippen LogP contribution is -2.26. The van der Waals surface area contributed by atoms with Gasteiger partial charge in [0.15, 0.2) is 0 Å². The van der Waals surface area contributed by atoms with Gasteiger partial charge in [-0.15, -0.1) is 5.10 Å². The van der Waals surface area contributed by atoms with Crippen molar-refractivity contribution in [3.05, 3.63) is 11.4 Å². The van der Waals surface area contributed by atoms with Gasteiger partial charge in [-0.2, -0.15) is 5.10 Å². The third-order valence-electron chi connectivity index (χ3n) is 3.12. The molecule has 0 radical (unpaired) electrons. The van der Waals surface area contributed by atoms with E-state index < -0.39 is 0 Å². The molecule has 0 amide bonds. The highest BCUT2D eigenvalue weighted by molar-refractivity contribution is 5.29. The number of aromatic nitrogens is 3. The van der Waals surface area contributed by atoms with Crippen molar-refractivity contribution in [1.82, 2.24) is 15.2 Å². The first-order valence-corrected chi connectivity index (χ1v) is 6.55. The van der Waals surface area contributed by atoms with Gasteiger partial charge >= 0.3 is 0 Å². The third-order valence-corrected chi connectivity index (χ3v) is 3.12. The lowest BCUT2D eigenvalue weighted by molar-refractivity contribution is 0.552. The molecule has 0 aliphatic carbocycles. The van der Waals surface area contributed by atoms with E-state index in [9.17, 15) is 0 Å². The summed E-state index contributed by atoms with van der Waals surface area (Å²) in [6.45, 7) is 9.63. The molecule has 1 atom stereocenters. The summed E-state index contributed by atoms with van der Waals surface area (Å²) in [6, 6.07) is 0. The quantitative estimate of drug-likeness (QED) is 0.761. The maximum Gasteiger partial charge on any atom is 0.245 e. The zero-order valence-corrected chi connectivity index (χ0v) is 11.7. The molecule has 0 aromatic carbocycles. The Balaban J connectivity index is 2.84. The summed E-state index contributed by atoms with van der Waals surface area (Å²) in [4.78, 5) is 6.70. The van der Waals surface area contributed by atoms with Gasteiger partial charge in [0.1, 0.15) is 0 Å². The highest BCUT2D eigenvalue weighted by Crippen LogP contribution is 2.12. The Morgan fingerprint density at radius 1 is 1.06 bits per heavy atom. The highest BCUT2D eigenvalue weighted by atomic mass is 15.3. The second-order valence-corrected chi connectivity index (χ2v) is 4.61. The number of anilines is 1. The number of hydrogen-bond acceptors (Lipinski definition) is 4. The molecular formula is C13H24N4. The van der Waals surface area contributed by atoms with Crippen LogP contribution in [0.1, 0.15) is 45.5 Å². The van der Waals surface area contributed by atoms with E-state index in [1.165, 1.54) is 6.42 Å². The minimum absolute atomic E-state index is 0.652. The van der Waals surface area contributed by atoms with Crippen LogP contribution in [-0.2, 0) is 12.8 Å². The monoisotopic (exact) mass is 236 g/mol. The van der Waals surface area contributed by atoms with Gasteiger partial charge in [-0.25, -0.2) is 4.98 Å². The summed E-state index contributed by atoms with van der Waals surface area (Å²) < 4.78 is 0. The van der Waals surface area contributed by atoms with Crippen LogP contribution in [0.15, 0.2) is 0 Å². The van der Waals surface area contributed by atoms with Crippen LogP contribution in [-0.4, -0.2) is 28.8 Å². The average Bonchev–Trinajstić information content (AvgIpc) is 2.37. The Kier molecular flexibility index (Phi) is 5.32. The second kappa shape index (κ2) is 6.52. The van der Waals surface area contributed by atoms with E-state index in [0.29, 0.717) is 5.92 Å². The van der Waals surface area contributed by atoms with E-state index in [1.54, 1.807) is 0 Å². The van der Waals surface area contributed by atoms with Gasteiger partial charge < -0.3 is 4.90 Å². The van der Waals surface area contributed by atoms with Crippen molar-refractivity contribution >= 4 is 5.95 Å². The molecule has 1 rings (SSSR count). The number of rotatable bonds is 6. The van der Waals surface area contributed by atoms with Crippen molar-refractivity contribution in [3.63, 3.8) is 0 Å². The number of hydrogen-bond donors (Lipinski definition) is 0. The summed E-state index contributed by atoms with van der Waals surface area (Å²) in [7, 11) is 2.04. The second-order valence-electron chi connectivity index (χ2n) is 4.61. The summed E-state index contributed by atoms with van der Waals surface area (Å²) >= 11 is 0. The van der Waals surface area contributed by atoms with Crippen LogP contribution in [0.5, 0.6) is 0 Å². The van der Waals surface area contributed by atoms with Gasteiger partial charge in [0.05, 0.1) is 11.4 Å². The van der Waals surface area contributed by atoms with Gasteiger partial charge in [0, 0.05) is 13.6 Å². The molecule has 96 valence electrons. The molecule has 0 spiro atoms. The smallest absolute Gasteiger partial charge is 0.245 e. The van der Waals surface area contributed by atoms with E-state index in [2.05, 4.69) is 47.8 Å². The molecule has 4 heteroatoms. The van der Waals surface area contributed by atoms with Gasteiger partial charge in [0.25, 0.3) is 0 Å². The molecule has 0 N–H and O–H groups in total. The fourth-order valence-corrected chi connectivity index (χ4v) is 1.77. The first-order chi connectivity index (χ1) is 8.12. The van der Waals surface area contributed by atoms with Crippen molar-refractivity contribution in [2.45, 2.75) is 47.0 Å². The highest BCUT2D eigenvalue weighted by Gasteiger charge is 2.11. The van der Waals surface area contributed by atoms with Crippen LogP contribution < -0.4 is 4.90 Å². The summed E-state index contributed by atoms with van der Waals surface area (Å²) in [5, 5.41) is 8.48. The van der Waals surface area contributed by atoms with Crippen molar-refractivity contribution in [2.24, 2.45) is 5.92 Å². The molecule has 0 aliphatic rings. The largest absolute Gasteiger partial charge is 0.342 e. The average molecular weight is 236 g/mol. The van der Waals surface area contributed by atoms with E-state index >= 15 is 0 Å². The molecule has 0 saturated heterocycles. The van der Waals surface area contributed by atoms with Crippen LogP contribution in [0.25, 0.3) is 0 Å². The van der Waals surface area contributed by atoms with Gasteiger partial charge in [-0.05, 0) is 18.8 Å². The van der Waals surface area contributed by atoms with Gasteiger partial charge in [-0.3, -0.25) is 0 Å². The van der Waals surface area contributed by atoms with Crippen LogP contribution in [0.4, 0.5) is 5.95 Å². The molecule has 0 saturated carbocycles. The van der Waals surface area contributed by atoms with Gasteiger partial charge in [-0.1, -0.05) is 34.1 Å². The molecule has 0 fully saturated rings. The molecule has 1 aromatic rings. The number of aryl methyl sites for hydroxylation is 2. The Morgan fingerprint density at radius 3 is 2.24 bits per heavy atom. The van der Waals surface area contributed by atoms with E-state index in [0.717, 1.165) is 36.7 Å². The Hall–Kier alpha value is -1.19. The topological polar surface area (TPSA) is 41.9 Å². The Labute approximate surface area is 104 Å². The fourth-order valence-electron chi connectivity index (χ4n) is 1.77. The lowest BCUT2D eigenvalue weighted by Gasteiger charge is -2.20. The summed E-state index contributed by atoms with van der Waals surface area (Å²) in [6.07, 6.45) is 2.99. The van der Waals surface area contributed by atoms with Crippen molar-refractivity contribution < 1.29 is 0 Å². The van der Waals surface area contributed by atoms with E-state index in [-0.39, 0.29) is 0 Å². The normalized spacial score (nSPS) is 12.5. The molecule has 17 heavy (non-hydrogen) atoms. The lowest BCUT2D eigenvalue weighted by atomic mass is 10.1. The standard InChI is InChI=1S/C13H24N4/c1-6-10(4)9-17(5)13-14-11(7-2)12(8-3)15-16-13/h10H,6-9H2,1-5H3. The molecule has 1 aromatic heterocycles. The fraction of sp³-hybridized carbons (Fsp3) is 0.769. The number of nitrogens with zero attached hydrogens (tertiary/aromatic N) is 4. The van der Waals surface area contributed by atoms with E-state index in [4.69, 9.17) is 0 Å². The van der Waals surface area contributed by atoms with Crippen molar-refractivity contribution in [1.29, 1.82) is 0 Å². The molecular weight excluding hydrogens is 212 g/mol. The first kappa shape index (κ1) is 13.9. The summed E-state index contributed by atoms with van der Waals surface area (Å²) in [5.74, 6) is 1.40. The first-order valence-electron chi connectivity index (χ1n) is 6.55. The molecule has 1 unspecified atom stereocenters. The Bertz CT molecular complexity index is 351. The minimum atomic E-state index is 0.652. The summed E-state index contributed by atoms with van der Waals surface area (Å²) in [5.41, 5.74) is 2.10. The molecule has 0 bridgehead atoms. The van der Waals surface area contributed by atoms with Crippen LogP contribution in [0.2, 0.25) is 0 Å². The maximum absolute atomic E-state index is 4.60. The molecule has 4 nitrogen and oxygen atoms in total. The minimum Gasteiger partial charge on any atom is -0.342 e. The zero-order chi connectivity index (χ0) is 12.8. The zero-order valence-electron chi connectivity index (χ0n) is 11.7. The van der Waals surface area contributed by atoms with E-state index in [1.807, 2.05) is 7.05 Å². The van der Waals surface area contributed by atoms with Crippen LogP contribution >= 0.6 is 0 Å². The SMILES string of the molecule is CCc1nnc(N(C)CC(C)CC)nc1CC. The third kappa shape index (κ3) is 3.65.